The standard InChI is InChI=1S/C10H11Cl2NO2/c1-10(2,3)15-9(14)7-6(11)4-5-13-8(7)12/h4-5H,1-3H3. The lowest BCUT2D eigenvalue weighted by molar-refractivity contribution is 0.00696. The first-order valence-electron chi connectivity index (χ1n) is 4.34. The highest BCUT2D eigenvalue weighted by Crippen LogP contribution is 2.24. The molecule has 3 nitrogen and oxygen atoms in total. The van der Waals surface area contributed by atoms with Crippen LogP contribution in [0.4, 0.5) is 0 Å². The molecule has 0 radical (unpaired) electrons. The lowest BCUT2D eigenvalue weighted by Crippen LogP contribution is -2.24. The van der Waals surface area contributed by atoms with E-state index in [0.29, 0.717) is 0 Å². The third kappa shape index (κ3) is 3.36. The molecule has 0 N–H and O–H groups in total. The van der Waals surface area contributed by atoms with Crippen molar-refractivity contribution in [3.8, 4) is 0 Å². The van der Waals surface area contributed by atoms with Crippen LogP contribution in [0.1, 0.15) is 31.1 Å². The van der Waals surface area contributed by atoms with Crippen molar-refractivity contribution >= 4 is 29.2 Å². The lowest BCUT2D eigenvalue weighted by Gasteiger charge is -2.19. The molecule has 0 aliphatic carbocycles. The Kier molecular flexibility index (Phi) is 3.58. The van der Waals surface area contributed by atoms with Crippen LogP contribution in [0.15, 0.2) is 12.3 Å². The molecule has 0 aromatic carbocycles. The molecule has 0 atom stereocenters. The maximum atomic E-state index is 11.7. The quantitative estimate of drug-likeness (QED) is 0.565. The number of halogens is 2. The summed E-state index contributed by atoms with van der Waals surface area (Å²) in [6.45, 7) is 5.30. The summed E-state index contributed by atoms with van der Waals surface area (Å²) in [5.74, 6) is -0.564. The molecule has 15 heavy (non-hydrogen) atoms. The smallest absolute Gasteiger partial charge is 0.343 e. The lowest BCUT2D eigenvalue weighted by atomic mass is 10.2. The predicted molar refractivity (Wildman–Crippen MR) is 59.4 cm³/mol. The number of ether oxygens (including phenoxy) is 1. The monoisotopic (exact) mass is 247 g/mol. The summed E-state index contributed by atoms with van der Waals surface area (Å²) in [5.41, 5.74) is -0.477. The number of esters is 1. The van der Waals surface area contributed by atoms with Crippen molar-refractivity contribution in [3.63, 3.8) is 0 Å². The molecule has 1 rings (SSSR count). The van der Waals surface area contributed by atoms with Crippen molar-refractivity contribution < 1.29 is 9.53 Å². The highest BCUT2D eigenvalue weighted by molar-refractivity contribution is 6.38. The highest BCUT2D eigenvalue weighted by Gasteiger charge is 2.22. The van der Waals surface area contributed by atoms with Crippen molar-refractivity contribution in [1.82, 2.24) is 4.98 Å². The Hall–Kier alpha value is -0.800. The molecular formula is C10H11Cl2NO2. The molecule has 0 fully saturated rings. The molecule has 0 aliphatic rings. The summed E-state index contributed by atoms with van der Waals surface area (Å²) in [4.78, 5) is 15.4. The van der Waals surface area contributed by atoms with Crippen LogP contribution in [0.5, 0.6) is 0 Å². The minimum Gasteiger partial charge on any atom is -0.456 e. The molecule has 0 amide bonds. The van der Waals surface area contributed by atoms with E-state index in [9.17, 15) is 4.79 Å². The molecule has 1 aromatic heterocycles. The number of nitrogens with zero attached hydrogens (tertiary/aromatic N) is 1. The van der Waals surface area contributed by atoms with Crippen LogP contribution in [0.3, 0.4) is 0 Å². The molecule has 1 heterocycles. The van der Waals surface area contributed by atoms with E-state index < -0.39 is 11.6 Å². The average molecular weight is 248 g/mol. The normalized spacial score (nSPS) is 11.3. The zero-order valence-corrected chi connectivity index (χ0v) is 10.2. The topological polar surface area (TPSA) is 39.2 Å². The second-order valence-corrected chi connectivity index (χ2v) is 4.73. The van der Waals surface area contributed by atoms with Gasteiger partial charge in [-0.2, -0.15) is 0 Å². The molecule has 0 aliphatic heterocycles. The van der Waals surface area contributed by atoms with Crippen LogP contribution < -0.4 is 0 Å². The summed E-state index contributed by atoms with van der Waals surface area (Å²) in [6, 6.07) is 1.49. The van der Waals surface area contributed by atoms with E-state index >= 15 is 0 Å². The minimum absolute atomic E-state index is 0.0525. The Morgan fingerprint density at radius 1 is 1.40 bits per heavy atom. The first kappa shape index (κ1) is 12.3. The molecule has 0 saturated heterocycles. The zero-order chi connectivity index (χ0) is 11.6. The molecule has 0 bridgehead atoms. The Labute approximate surface area is 98.4 Å². The molecule has 1 aromatic rings. The number of aromatic nitrogens is 1. The van der Waals surface area contributed by atoms with Gasteiger partial charge in [0.1, 0.15) is 16.3 Å². The largest absolute Gasteiger partial charge is 0.456 e. The summed E-state index contributed by atoms with van der Waals surface area (Å²) in [6.07, 6.45) is 1.43. The van der Waals surface area contributed by atoms with Crippen molar-refractivity contribution in [3.05, 3.63) is 28.0 Å². The van der Waals surface area contributed by atoms with Crippen LogP contribution in [0.25, 0.3) is 0 Å². The van der Waals surface area contributed by atoms with Gasteiger partial charge in [0.2, 0.25) is 0 Å². The summed E-state index contributed by atoms with van der Waals surface area (Å²) in [7, 11) is 0. The number of rotatable bonds is 1. The van der Waals surface area contributed by atoms with Gasteiger partial charge in [0.15, 0.2) is 0 Å². The van der Waals surface area contributed by atoms with Gasteiger partial charge in [-0.15, -0.1) is 0 Å². The number of carbonyl (C=O) groups is 1. The van der Waals surface area contributed by atoms with Crippen LogP contribution in [0.2, 0.25) is 10.2 Å². The van der Waals surface area contributed by atoms with Crippen LogP contribution in [-0.4, -0.2) is 16.6 Å². The third-order valence-corrected chi connectivity index (χ3v) is 2.06. The van der Waals surface area contributed by atoms with E-state index in [4.69, 9.17) is 27.9 Å². The van der Waals surface area contributed by atoms with Crippen molar-refractivity contribution in [2.75, 3.05) is 0 Å². The van der Waals surface area contributed by atoms with Gasteiger partial charge >= 0.3 is 5.97 Å². The second kappa shape index (κ2) is 4.37. The molecule has 5 heteroatoms. The van der Waals surface area contributed by atoms with Crippen molar-refractivity contribution in [2.45, 2.75) is 26.4 Å². The highest BCUT2D eigenvalue weighted by atomic mass is 35.5. The van der Waals surface area contributed by atoms with Gasteiger partial charge in [-0.1, -0.05) is 23.2 Å². The maximum Gasteiger partial charge on any atom is 0.343 e. The second-order valence-electron chi connectivity index (χ2n) is 3.96. The molecule has 0 saturated carbocycles. The van der Waals surface area contributed by atoms with Crippen LogP contribution in [0, 0.1) is 0 Å². The van der Waals surface area contributed by atoms with Gasteiger partial charge in [-0.3, -0.25) is 0 Å². The van der Waals surface area contributed by atoms with E-state index in [1.54, 1.807) is 20.8 Å². The Balaban J connectivity index is 3.02. The summed E-state index contributed by atoms with van der Waals surface area (Å²) < 4.78 is 5.14. The SMILES string of the molecule is CC(C)(C)OC(=O)c1c(Cl)ccnc1Cl. The average Bonchev–Trinajstić information content (AvgIpc) is 1.99. The van der Waals surface area contributed by atoms with Gasteiger partial charge in [-0.25, -0.2) is 9.78 Å². The fourth-order valence-corrected chi connectivity index (χ4v) is 1.43. The first-order valence-corrected chi connectivity index (χ1v) is 5.10. The molecular weight excluding hydrogens is 237 g/mol. The van der Waals surface area contributed by atoms with Gasteiger partial charge in [0.05, 0.1) is 5.02 Å². The fourth-order valence-electron chi connectivity index (χ4n) is 0.925. The number of hydrogen-bond donors (Lipinski definition) is 0. The number of pyridine rings is 1. The van der Waals surface area contributed by atoms with E-state index in [1.165, 1.54) is 12.3 Å². The van der Waals surface area contributed by atoms with Crippen molar-refractivity contribution in [2.24, 2.45) is 0 Å². The molecule has 82 valence electrons. The third-order valence-electron chi connectivity index (χ3n) is 1.46. The minimum atomic E-state index is -0.584. The van der Waals surface area contributed by atoms with Crippen molar-refractivity contribution in [1.29, 1.82) is 0 Å². The molecule has 0 unspecified atom stereocenters. The first-order chi connectivity index (χ1) is 6.81. The number of hydrogen-bond acceptors (Lipinski definition) is 3. The van der Waals surface area contributed by atoms with E-state index in [1.807, 2.05) is 0 Å². The van der Waals surface area contributed by atoms with E-state index in [0.717, 1.165) is 0 Å². The van der Waals surface area contributed by atoms with Crippen LogP contribution in [-0.2, 0) is 4.74 Å². The van der Waals surface area contributed by atoms with E-state index in [-0.39, 0.29) is 15.7 Å². The molecule has 0 spiro atoms. The maximum absolute atomic E-state index is 11.7. The van der Waals surface area contributed by atoms with Crippen LogP contribution >= 0.6 is 23.2 Å². The predicted octanol–water partition coefficient (Wildman–Crippen LogP) is 3.34. The zero-order valence-electron chi connectivity index (χ0n) is 8.67. The van der Waals surface area contributed by atoms with Gasteiger partial charge < -0.3 is 4.74 Å². The Bertz CT molecular complexity index is 365. The summed E-state index contributed by atoms with van der Waals surface area (Å²) >= 11 is 11.6. The van der Waals surface area contributed by atoms with Gasteiger partial charge in [-0.05, 0) is 26.8 Å². The number of carbonyl (C=O) groups excluding carboxylic acids is 1. The summed E-state index contributed by atoms with van der Waals surface area (Å²) in [5, 5.41) is 0.293. The Morgan fingerprint density at radius 2 is 2.00 bits per heavy atom. The van der Waals surface area contributed by atoms with E-state index in [2.05, 4.69) is 4.98 Å². The van der Waals surface area contributed by atoms with Gasteiger partial charge in [0, 0.05) is 6.20 Å². The van der Waals surface area contributed by atoms with Gasteiger partial charge in [0.25, 0.3) is 0 Å². The Morgan fingerprint density at radius 3 is 2.47 bits per heavy atom. The fraction of sp³-hybridized carbons (Fsp3) is 0.400.